The van der Waals surface area contributed by atoms with Crippen molar-refractivity contribution in [1.82, 2.24) is 19.4 Å². The molecule has 32 heavy (non-hydrogen) atoms. The van der Waals surface area contributed by atoms with Gasteiger partial charge >= 0.3 is 6.03 Å². The molecular weight excluding hydrogens is 436 g/mol. The Hall–Kier alpha value is -2.79. The SMILES string of the molecule is CC(=O)c1ccc(S(=O)(=O)N2CCN(C(=O)CN3C(=O)NC(C)(C4CC4)C3=O)CC2)cc1. The third-order valence-electron chi connectivity index (χ3n) is 6.48. The molecule has 172 valence electrons. The van der Waals surface area contributed by atoms with Gasteiger partial charge in [-0.05, 0) is 44.7 Å². The van der Waals surface area contributed by atoms with Crippen LogP contribution in [-0.2, 0) is 19.6 Å². The molecule has 0 bridgehead atoms. The van der Waals surface area contributed by atoms with Crippen molar-refractivity contribution in [3.8, 4) is 0 Å². The molecule has 10 nitrogen and oxygen atoms in total. The largest absolute Gasteiger partial charge is 0.338 e. The second-order valence-corrected chi connectivity index (χ2v) is 10.6. The van der Waals surface area contributed by atoms with Gasteiger partial charge in [0.1, 0.15) is 12.1 Å². The zero-order valence-corrected chi connectivity index (χ0v) is 18.9. The molecule has 3 fully saturated rings. The van der Waals surface area contributed by atoms with Crippen LogP contribution in [0.15, 0.2) is 29.2 Å². The lowest BCUT2D eigenvalue weighted by Gasteiger charge is -2.34. The number of imide groups is 1. The molecule has 2 saturated heterocycles. The molecule has 1 aromatic carbocycles. The fraction of sp³-hybridized carbons (Fsp3) is 0.524. The summed E-state index contributed by atoms with van der Waals surface area (Å²) in [6.45, 7) is 3.27. The van der Waals surface area contributed by atoms with E-state index in [2.05, 4.69) is 5.32 Å². The fourth-order valence-electron chi connectivity index (χ4n) is 4.22. The van der Waals surface area contributed by atoms with Crippen LogP contribution in [0.4, 0.5) is 4.79 Å². The summed E-state index contributed by atoms with van der Waals surface area (Å²) in [5.41, 5.74) is -0.514. The van der Waals surface area contributed by atoms with E-state index in [1.54, 1.807) is 6.92 Å². The van der Waals surface area contributed by atoms with Crippen molar-refractivity contribution in [3.05, 3.63) is 29.8 Å². The van der Waals surface area contributed by atoms with Crippen molar-refractivity contribution >= 4 is 33.7 Å². The van der Waals surface area contributed by atoms with E-state index >= 15 is 0 Å². The minimum atomic E-state index is -3.76. The summed E-state index contributed by atoms with van der Waals surface area (Å²) in [7, 11) is -3.76. The number of amides is 4. The first-order valence-corrected chi connectivity index (χ1v) is 12.0. The van der Waals surface area contributed by atoms with Gasteiger partial charge in [-0.15, -0.1) is 0 Å². The predicted molar refractivity (Wildman–Crippen MR) is 113 cm³/mol. The second kappa shape index (κ2) is 7.96. The summed E-state index contributed by atoms with van der Waals surface area (Å²) in [6, 6.07) is 5.19. The Morgan fingerprint density at radius 3 is 2.19 bits per heavy atom. The molecule has 1 saturated carbocycles. The summed E-state index contributed by atoms with van der Waals surface area (Å²) in [4.78, 5) is 51.6. The van der Waals surface area contributed by atoms with E-state index in [4.69, 9.17) is 0 Å². The van der Waals surface area contributed by atoms with Gasteiger partial charge in [-0.3, -0.25) is 19.3 Å². The van der Waals surface area contributed by atoms with Crippen LogP contribution in [0.1, 0.15) is 37.0 Å². The number of carbonyl (C=O) groups is 4. The average Bonchev–Trinajstić information content (AvgIpc) is 3.60. The van der Waals surface area contributed by atoms with Gasteiger partial charge in [0, 0.05) is 31.7 Å². The third kappa shape index (κ3) is 3.90. The van der Waals surface area contributed by atoms with Crippen LogP contribution in [0.2, 0.25) is 0 Å². The average molecular weight is 463 g/mol. The first-order valence-electron chi connectivity index (χ1n) is 10.6. The second-order valence-electron chi connectivity index (χ2n) is 8.66. The number of urea groups is 1. The summed E-state index contributed by atoms with van der Waals surface area (Å²) in [6.07, 6.45) is 1.75. The van der Waals surface area contributed by atoms with Gasteiger partial charge in [0.05, 0.1) is 4.90 Å². The van der Waals surface area contributed by atoms with Crippen molar-refractivity contribution < 1.29 is 27.6 Å². The molecule has 4 rings (SSSR count). The number of ketones is 1. The Morgan fingerprint density at radius 1 is 1.06 bits per heavy atom. The van der Waals surface area contributed by atoms with Crippen molar-refractivity contribution in [2.75, 3.05) is 32.7 Å². The molecular formula is C21H26N4O6S. The van der Waals surface area contributed by atoms with Crippen molar-refractivity contribution in [2.45, 2.75) is 37.1 Å². The molecule has 1 aromatic rings. The maximum atomic E-state index is 12.9. The number of piperazine rings is 1. The normalized spacial score (nSPS) is 24.6. The molecule has 1 unspecified atom stereocenters. The molecule has 3 aliphatic rings. The number of rotatable bonds is 6. The maximum Gasteiger partial charge on any atom is 0.325 e. The molecule has 1 aliphatic carbocycles. The monoisotopic (exact) mass is 462 g/mol. The van der Waals surface area contributed by atoms with Crippen molar-refractivity contribution in [2.24, 2.45) is 5.92 Å². The zero-order valence-electron chi connectivity index (χ0n) is 18.0. The quantitative estimate of drug-likeness (QED) is 0.483. The molecule has 2 heterocycles. The maximum absolute atomic E-state index is 12.9. The highest BCUT2D eigenvalue weighted by atomic mass is 32.2. The third-order valence-corrected chi connectivity index (χ3v) is 8.39. The van der Waals surface area contributed by atoms with Crippen molar-refractivity contribution in [1.29, 1.82) is 0 Å². The number of nitrogens with one attached hydrogen (secondary N) is 1. The van der Waals surface area contributed by atoms with Gasteiger partial charge < -0.3 is 10.2 Å². The number of Topliss-reactive ketones (excluding diaryl/α,β-unsaturated/α-hetero) is 1. The minimum absolute atomic E-state index is 0.0842. The van der Waals surface area contributed by atoms with Gasteiger partial charge in [-0.25, -0.2) is 13.2 Å². The van der Waals surface area contributed by atoms with Gasteiger partial charge in [-0.2, -0.15) is 4.31 Å². The fourth-order valence-corrected chi connectivity index (χ4v) is 5.64. The molecule has 0 radical (unpaired) electrons. The van der Waals surface area contributed by atoms with Gasteiger partial charge in [0.2, 0.25) is 15.9 Å². The minimum Gasteiger partial charge on any atom is -0.338 e. The van der Waals surface area contributed by atoms with Crippen LogP contribution < -0.4 is 5.32 Å². The smallest absolute Gasteiger partial charge is 0.325 e. The van der Waals surface area contributed by atoms with E-state index in [0.29, 0.717) is 5.56 Å². The Morgan fingerprint density at radius 2 is 1.66 bits per heavy atom. The van der Waals surface area contributed by atoms with Gasteiger partial charge in [0.15, 0.2) is 5.78 Å². The lowest BCUT2D eigenvalue weighted by atomic mass is 9.96. The van der Waals surface area contributed by atoms with E-state index in [1.165, 1.54) is 40.4 Å². The lowest BCUT2D eigenvalue weighted by Crippen LogP contribution is -2.53. The van der Waals surface area contributed by atoms with Crippen LogP contribution in [0, 0.1) is 5.92 Å². The summed E-state index contributed by atoms with van der Waals surface area (Å²) >= 11 is 0. The molecule has 2 aliphatic heterocycles. The standard InChI is InChI=1S/C21H26N4O6S/c1-14(26)15-3-7-17(8-4-15)32(30,31)24-11-9-23(10-12-24)18(27)13-25-19(28)21(2,16-5-6-16)22-20(25)29/h3-4,7-8,16H,5-6,9-13H2,1-2H3,(H,22,29). The van der Waals surface area contributed by atoms with E-state index in [0.717, 1.165) is 17.7 Å². The highest BCUT2D eigenvalue weighted by Crippen LogP contribution is 2.42. The molecule has 0 aromatic heterocycles. The van der Waals surface area contributed by atoms with Crippen LogP contribution in [-0.4, -0.2) is 84.4 Å². The molecule has 4 amide bonds. The Bertz CT molecular complexity index is 1070. The number of nitrogens with zero attached hydrogens (tertiary/aromatic N) is 3. The first-order chi connectivity index (χ1) is 15.0. The van der Waals surface area contributed by atoms with Crippen LogP contribution in [0.25, 0.3) is 0 Å². The number of benzene rings is 1. The van der Waals surface area contributed by atoms with E-state index < -0.39 is 27.5 Å². The highest BCUT2D eigenvalue weighted by Gasteiger charge is 2.56. The summed E-state index contributed by atoms with van der Waals surface area (Å²) in [5.74, 6) is -0.814. The Labute approximate surface area is 186 Å². The van der Waals surface area contributed by atoms with Crippen molar-refractivity contribution in [3.63, 3.8) is 0 Å². The van der Waals surface area contributed by atoms with Gasteiger partial charge in [-0.1, -0.05) is 12.1 Å². The topological polar surface area (TPSA) is 124 Å². The van der Waals surface area contributed by atoms with E-state index in [-0.39, 0.29) is 55.2 Å². The Balaban J connectivity index is 1.36. The van der Waals surface area contributed by atoms with E-state index in [1.807, 2.05) is 0 Å². The number of hydrogen-bond donors (Lipinski definition) is 1. The van der Waals surface area contributed by atoms with Crippen LogP contribution in [0.5, 0.6) is 0 Å². The number of carbonyl (C=O) groups excluding carboxylic acids is 4. The predicted octanol–water partition coefficient (Wildman–Crippen LogP) is 0.443. The Kier molecular flexibility index (Phi) is 5.58. The molecule has 1 atom stereocenters. The number of hydrogen-bond acceptors (Lipinski definition) is 6. The van der Waals surface area contributed by atoms with Gasteiger partial charge in [0.25, 0.3) is 5.91 Å². The summed E-state index contributed by atoms with van der Waals surface area (Å²) < 4.78 is 27.1. The molecule has 0 spiro atoms. The zero-order chi connectivity index (χ0) is 23.3. The summed E-state index contributed by atoms with van der Waals surface area (Å²) in [5, 5.41) is 2.71. The first kappa shape index (κ1) is 22.4. The molecule has 11 heteroatoms. The van der Waals surface area contributed by atoms with Crippen LogP contribution >= 0.6 is 0 Å². The molecule has 1 N–H and O–H groups in total. The number of sulfonamides is 1. The van der Waals surface area contributed by atoms with E-state index in [9.17, 15) is 27.6 Å². The highest BCUT2D eigenvalue weighted by molar-refractivity contribution is 7.89. The van der Waals surface area contributed by atoms with Crippen LogP contribution in [0.3, 0.4) is 0 Å². The lowest BCUT2D eigenvalue weighted by molar-refractivity contribution is -0.139.